The lowest BCUT2D eigenvalue weighted by Gasteiger charge is -2.38. The van der Waals surface area contributed by atoms with Crippen LogP contribution in [0.1, 0.15) is 31.2 Å². The zero-order valence-electron chi connectivity index (χ0n) is 12.0. The highest BCUT2D eigenvalue weighted by Gasteiger charge is 2.43. The van der Waals surface area contributed by atoms with Crippen molar-refractivity contribution in [1.29, 1.82) is 0 Å². The van der Waals surface area contributed by atoms with Crippen LogP contribution in [0.2, 0.25) is 5.02 Å². The maximum Gasteiger partial charge on any atom is 0.227 e. The third-order valence-corrected chi connectivity index (χ3v) is 5.05. The van der Waals surface area contributed by atoms with Gasteiger partial charge in [0, 0.05) is 29.8 Å². The van der Waals surface area contributed by atoms with Gasteiger partial charge in [-0.3, -0.25) is 4.79 Å². The Kier molecular flexibility index (Phi) is 4.18. The van der Waals surface area contributed by atoms with Gasteiger partial charge in [-0.1, -0.05) is 17.7 Å². The SMILES string of the molecule is COC1CC2CCC(C1)N2C(=O)Cc1c(F)cccc1Cl. The van der Waals surface area contributed by atoms with Crippen molar-refractivity contribution in [2.75, 3.05) is 7.11 Å². The summed E-state index contributed by atoms with van der Waals surface area (Å²) in [5.74, 6) is -0.431. The van der Waals surface area contributed by atoms with Gasteiger partial charge in [-0.15, -0.1) is 0 Å². The molecule has 1 amide bonds. The smallest absolute Gasteiger partial charge is 0.227 e. The lowest BCUT2D eigenvalue weighted by atomic mass is 9.98. The second kappa shape index (κ2) is 5.93. The quantitative estimate of drug-likeness (QED) is 0.858. The first-order chi connectivity index (χ1) is 10.1. The normalized spacial score (nSPS) is 28.0. The van der Waals surface area contributed by atoms with Crippen LogP contribution in [-0.4, -0.2) is 36.1 Å². The molecule has 1 aromatic carbocycles. The van der Waals surface area contributed by atoms with Gasteiger partial charge in [0.05, 0.1) is 12.5 Å². The van der Waals surface area contributed by atoms with Crippen LogP contribution in [0.25, 0.3) is 0 Å². The topological polar surface area (TPSA) is 29.5 Å². The summed E-state index contributed by atoms with van der Waals surface area (Å²) in [7, 11) is 1.72. The number of nitrogens with zero attached hydrogens (tertiary/aromatic N) is 1. The first-order valence-corrected chi connectivity index (χ1v) is 7.74. The molecule has 0 aromatic heterocycles. The van der Waals surface area contributed by atoms with Gasteiger partial charge in [-0.2, -0.15) is 0 Å². The molecule has 0 radical (unpaired) electrons. The molecule has 5 heteroatoms. The molecule has 2 aliphatic heterocycles. The van der Waals surface area contributed by atoms with Gasteiger partial charge in [0.1, 0.15) is 5.82 Å². The Morgan fingerprint density at radius 3 is 2.62 bits per heavy atom. The molecule has 114 valence electrons. The molecule has 2 fully saturated rings. The average molecular weight is 312 g/mol. The van der Waals surface area contributed by atoms with Gasteiger partial charge in [-0.25, -0.2) is 4.39 Å². The van der Waals surface area contributed by atoms with Crippen LogP contribution >= 0.6 is 11.6 Å². The van der Waals surface area contributed by atoms with Crippen LogP contribution in [0.5, 0.6) is 0 Å². The predicted octanol–water partition coefficient (Wildman–Crippen LogP) is 3.19. The third kappa shape index (κ3) is 2.79. The van der Waals surface area contributed by atoms with E-state index in [9.17, 15) is 9.18 Å². The number of amides is 1. The van der Waals surface area contributed by atoms with Crippen molar-refractivity contribution >= 4 is 17.5 Å². The fraction of sp³-hybridized carbons (Fsp3) is 0.562. The van der Waals surface area contributed by atoms with E-state index in [1.807, 2.05) is 4.90 Å². The van der Waals surface area contributed by atoms with E-state index in [1.165, 1.54) is 6.07 Å². The predicted molar refractivity (Wildman–Crippen MR) is 78.8 cm³/mol. The number of carbonyl (C=O) groups is 1. The van der Waals surface area contributed by atoms with Crippen LogP contribution in [0.3, 0.4) is 0 Å². The highest BCUT2D eigenvalue weighted by atomic mass is 35.5. The van der Waals surface area contributed by atoms with Crippen molar-refractivity contribution in [2.24, 2.45) is 0 Å². The molecule has 2 heterocycles. The fourth-order valence-electron chi connectivity index (χ4n) is 3.67. The van der Waals surface area contributed by atoms with E-state index >= 15 is 0 Å². The standard InChI is InChI=1S/C16H19ClFNO2/c1-21-12-7-10-5-6-11(8-12)19(10)16(20)9-13-14(17)3-2-4-15(13)18/h2-4,10-12H,5-9H2,1H3. The number of carbonyl (C=O) groups excluding carboxylic acids is 1. The zero-order valence-corrected chi connectivity index (χ0v) is 12.8. The van der Waals surface area contributed by atoms with Crippen molar-refractivity contribution in [3.8, 4) is 0 Å². The minimum Gasteiger partial charge on any atom is -0.381 e. The third-order valence-electron chi connectivity index (χ3n) is 4.70. The van der Waals surface area contributed by atoms with Crippen LogP contribution in [-0.2, 0) is 16.0 Å². The molecule has 3 rings (SSSR count). The van der Waals surface area contributed by atoms with E-state index < -0.39 is 5.82 Å². The molecule has 2 unspecified atom stereocenters. The van der Waals surface area contributed by atoms with Crippen molar-refractivity contribution < 1.29 is 13.9 Å². The largest absolute Gasteiger partial charge is 0.381 e. The molecule has 2 aliphatic rings. The fourth-order valence-corrected chi connectivity index (χ4v) is 3.90. The maximum atomic E-state index is 13.8. The number of rotatable bonds is 3. The van der Waals surface area contributed by atoms with E-state index in [1.54, 1.807) is 19.2 Å². The van der Waals surface area contributed by atoms with Crippen molar-refractivity contribution in [3.63, 3.8) is 0 Å². The zero-order chi connectivity index (χ0) is 15.0. The molecule has 0 aliphatic carbocycles. The van der Waals surface area contributed by atoms with E-state index in [2.05, 4.69) is 0 Å². The van der Waals surface area contributed by atoms with Gasteiger partial charge in [0.2, 0.25) is 5.91 Å². The number of fused-ring (bicyclic) bond motifs is 2. The molecule has 3 nitrogen and oxygen atoms in total. The molecule has 0 spiro atoms. The average Bonchev–Trinajstić information content (AvgIpc) is 2.73. The number of ether oxygens (including phenoxy) is 1. The van der Waals surface area contributed by atoms with Crippen LogP contribution in [0.15, 0.2) is 18.2 Å². The Balaban J connectivity index is 1.75. The van der Waals surface area contributed by atoms with Gasteiger partial charge < -0.3 is 9.64 Å². The number of hydrogen-bond acceptors (Lipinski definition) is 2. The Morgan fingerprint density at radius 2 is 2.05 bits per heavy atom. The highest BCUT2D eigenvalue weighted by Crippen LogP contribution is 2.37. The number of benzene rings is 1. The summed E-state index contributed by atoms with van der Waals surface area (Å²) in [6, 6.07) is 4.98. The van der Waals surface area contributed by atoms with Crippen LogP contribution in [0, 0.1) is 5.82 Å². The van der Waals surface area contributed by atoms with E-state index in [0.29, 0.717) is 10.6 Å². The van der Waals surface area contributed by atoms with Gasteiger partial charge in [0.25, 0.3) is 0 Å². The van der Waals surface area contributed by atoms with Crippen molar-refractivity contribution in [2.45, 2.75) is 50.3 Å². The van der Waals surface area contributed by atoms with E-state index in [0.717, 1.165) is 25.7 Å². The molecular formula is C16H19ClFNO2. The monoisotopic (exact) mass is 311 g/mol. The van der Waals surface area contributed by atoms with Gasteiger partial charge >= 0.3 is 0 Å². The summed E-state index contributed by atoms with van der Waals surface area (Å²) in [4.78, 5) is 14.5. The van der Waals surface area contributed by atoms with Gasteiger partial charge in [-0.05, 0) is 37.8 Å². The lowest BCUT2D eigenvalue weighted by Crippen LogP contribution is -2.49. The summed E-state index contributed by atoms with van der Waals surface area (Å²) in [5.41, 5.74) is 0.303. The second-order valence-electron chi connectivity index (χ2n) is 5.89. The Labute approximate surface area is 129 Å². The molecule has 1 aromatic rings. The maximum absolute atomic E-state index is 13.8. The van der Waals surface area contributed by atoms with Crippen LogP contribution < -0.4 is 0 Å². The molecule has 2 saturated heterocycles. The molecule has 0 saturated carbocycles. The summed E-state index contributed by atoms with van der Waals surface area (Å²) in [6.45, 7) is 0. The summed E-state index contributed by atoms with van der Waals surface area (Å²) < 4.78 is 19.3. The number of hydrogen-bond donors (Lipinski definition) is 0. The van der Waals surface area contributed by atoms with Crippen LogP contribution in [0.4, 0.5) is 4.39 Å². The Bertz CT molecular complexity index is 517. The lowest BCUT2D eigenvalue weighted by molar-refractivity contribution is -0.137. The summed E-state index contributed by atoms with van der Waals surface area (Å²) >= 11 is 6.02. The molecule has 2 atom stereocenters. The first-order valence-electron chi connectivity index (χ1n) is 7.37. The van der Waals surface area contributed by atoms with E-state index in [4.69, 9.17) is 16.3 Å². The molecule has 2 bridgehead atoms. The Morgan fingerprint density at radius 1 is 1.38 bits per heavy atom. The first kappa shape index (κ1) is 14.8. The molecule has 21 heavy (non-hydrogen) atoms. The summed E-state index contributed by atoms with van der Waals surface area (Å²) in [5, 5.41) is 0.322. The molecular weight excluding hydrogens is 293 g/mol. The second-order valence-corrected chi connectivity index (χ2v) is 6.30. The summed E-state index contributed by atoms with van der Waals surface area (Å²) in [6.07, 6.45) is 4.07. The molecule has 0 N–H and O–H groups in total. The Hall–Kier alpha value is -1.13. The van der Waals surface area contributed by atoms with Gasteiger partial charge in [0.15, 0.2) is 0 Å². The number of piperidine rings is 1. The van der Waals surface area contributed by atoms with Crippen molar-refractivity contribution in [3.05, 3.63) is 34.6 Å². The van der Waals surface area contributed by atoms with Crippen molar-refractivity contribution in [1.82, 2.24) is 4.90 Å². The number of halogens is 2. The number of methoxy groups -OCH3 is 1. The minimum atomic E-state index is -0.407. The highest BCUT2D eigenvalue weighted by molar-refractivity contribution is 6.31. The minimum absolute atomic E-state index is 0.0240. The van der Waals surface area contributed by atoms with E-state index in [-0.39, 0.29) is 30.5 Å².